The SMILES string of the molecule is CSc1ccc(CN(C)C(=O)CS(=O)(=O)c2ccc(Cl)cc2)cc1. The van der Waals surface area contributed by atoms with Crippen molar-refractivity contribution < 1.29 is 13.2 Å². The first kappa shape index (κ1) is 18.8. The maximum atomic E-state index is 12.3. The summed E-state index contributed by atoms with van der Waals surface area (Å²) in [6.07, 6.45) is 1.99. The van der Waals surface area contributed by atoms with E-state index >= 15 is 0 Å². The van der Waals surface area contributed by atoms with E-state index in [4.69, 9.17) is 11.6 Å². The lowest BCUT2D eigenvalue weighted by Crippen LogP contribution is -2.32. The molecular weight excluding hydrogens is 366 g/mol. The number of hydrogen-bond donors (Lipinski definition) is 0. The highest BCUT2D eigenvalue weighted by atomic mass is 35.5. The standard InChI is InChI=1S/C17H18ClNO3S2/c1-19(11-13-3-7-15(23-2)8-4-13)17(20)12-24(21,22)16-9-5-14(18)6-10-16/h3-10H,11-12H2,1-2H3. The van der Waals surface area contributed by atoms with Gasteiger partial charge in [-0.05, 0) is 48.2 Å². The highest BCUT2D eigenvalue weighted by Crippen LogP contribution is 2.17. The monoisotopic (exact) mass is 383 g/mol. The summed E-state index contributed by atoms with van der Waals surface area (Å²) in [5.74, 6) is -1.01. The summed E-state index contributed by atoms with van der Waals surface area (Å²) in [4.78, 5) is 14.9. The average molecular weight is 384 g/mol. The molecule has 4 nitrogen and oxygen atoms in total. The number of benzene rings is 2. The Labute approximate surface area is 151 Å². The highest BCUT2D eigenvalue weighted by Gasteiger charge is 2.21. The zero-order chi connectivity index (χ0) is 17.7. The van der Waals surface area contributed by atoms with Crippen LogP contribution in [-0.4, -0.2) is 38.3 Å². The largest absolute Gasteiger partial charge is 0.341 e. The minimum absolute atomic E-state index is 0.0953. The van der Waals surface area contributed by atoms with E-state index in [0.29, 0.717) is 11.6 Å². The number of carbonyl (C=O) groups excluding carboxylic acids is 1. The van der Waals surface area contributed by atoms with E-state index in [1.54, 1.807) is 18.8 Å². The molecule has 0 aliphatic carbocycles. The summed E-state index contributed by atoms with van der Waals surface area (Å²) in [6.45, 7) is 0.365. The van der Waals surface area contributed by atoms with Crippen molar-refractivity contribution in [2.45, 2.75) is 16.3 Å². The zero-order valence-electron chi connectivity index (χ0n) is 13.4. The Morgan fingerprint density at radius 3 is 2.21 bits per heavy atom. The van der Waals surface area contributed by atoms with Crippen molar-refractivity contribution in [3.63, 3.8) is 0 Å². The molecule has 7 heteroatoms. The van der Waals surface area contributed by atoms with Crippen molar-refractivity contribution in [2.75, 3.05) is 19.1 Å². The van der Waals surface area contributed by atoms with Crippen LogP contribution in [0.25, 0.3) is 0 Å². The Bertz CT molecular complexity index is 803. The molecule has 0 heterocycles. The number of carbonyl (C=O) groups is 1. The van der Waals surface area contributed by atoms with Crippen molar-refractivity contribution in [3.05, 3.63) is 59.1 Å². The molecule has 2 aromatic rings. The van der Waals surface area contributed by atoms with Crippen molar-refractivity contribution in [1.82, 2.24) is 4.90 Å². The van der Waals surface area contributed by atoms with Crippen LogP contribution in [0.2, 0.25) is 5.02 Å². The zero-order valence-corrected chi connectivity index (χ0v) is 15.8. The molecule has 0 aliphatic rings. The third-order valence-corrected chi connectivity index (χ3v) is 6.10. The van der Waals surface area contributed by atoms with Gasteiger partial charge in [0.25, 0.3) is 0 Å². The van der Waals surface area contributed by atoms with E-state index in [0.717, 1.165) is 10.5 Å². The van der Waals surface area contributed by atoms with Crippen LogP contribution >= 0.6 is 23.4 Å². The summed E-state index contributed by atoms with van der Waals surface area (Å²) in [5.41, 5.74) is 0.951. The van der Waals surface area contributed by atoms with Gasteiger partial charge < -0.3 is 4.90 Å². The molecule has 0 saturated carbocycles. The molecule has 0 spiro atoms. The average Bonchev–Trinajstić information content (AvgIpc) is 2.55. The smallest absolute Gasteiger partial charge is 0.238 e. The molecule has 0 N–H and O–H groups in total. The number of thioether (sulfide) groups is 1. The number of nitrogens with zero attached hydrogens (tertiary/aromatic N) is 1. The van der Waals surface area contributed by atoms with Gasteiger partial charge in [-0.3, -0.25) is 4.79 Å². The molecule has 0 aromatic heterocycles. The molecular formula is C17H18ClNO3S2. The summed E-state index contributed by atoms with van der Waals surface area (Å²) in [7, 11) is -2.08. The van der Waals surface area contributed by atoms with E-state index in [1.165, 1.54) is 29.2 Å². The van der Waals surface area contributed by atoms with E-state index < -0.39 is 21.5 Å². The van der Waals surface area contributed by atoms with E-state index in [1.807, 2.05) is 30.5 Å². The minimum Gasteiger partial charge on any atom is -0.341 e. The molecule has 1 amide bonds. The van der Waals surface area contributed by atoms with Gasteiger partial charge in [0.1, 0.15) is 5.75 Å². The van der Waals surface area contributed by atoms with E-state index in [-0.39, 0.29) is 4.90 Å². The number of amides is 1. The van der Waals surface area contributed by atoms with E-state index in [2.05, 4.69) is 0 Å². The third kappa shape index (κ3) is 5.00. The third-order valence-electron chi connectivity index (χ3n) is 3.49. The van der Waals surface area contributed by atoms with Gasteiger partial charge >= 0.3 is 0 Å². The van der Waals surface area contributed by atoms with Crippen LogP contribution in [0.5, 0.6) is 0 Å². The Kier molecular flexibility index (Phi) is 6.32. The van der Waals surface area contributed by atoms with Gasteiger partial charge in [-0.1, -0.05) is 23.7 Å². The summed E-state index contributed by atoms with van der Waals surface area (Å²) >= 11 is 7.40. The van der Waals surface area contributed by atoms with Gasteiger partial charge in [-0.2, -0.15) is 0 Å². The Hall–Kier alpha value is -1.50. The molecule has 2 aromatic carbocycles. The summed E-state index contributed by atoms with van der Waals surface area (Å²) in [6, 6.07) is 13.6. The molecule has 0 aliphatic heterocycles. The lowest BCUT2D eigenvalue weighted by molar-refractivity contribution is -0.127. The van der Waals surface area contributed by atoms with Crippen LogP contribution in [0, 0.1) is 0 Å². The van der Waals surface area contributed by atoms with E-state index in [9.17, 15) is 13.2 Å². The fourth-order valence-corrected chi connectivity index (χ4v) is 3.89. The first-order valence-corrected chi connectivity index (χ1v) is 10.4. The van der Waals surface area contributed by atoms with Crippen molar-refractivity contribution in [3.8, 4) is 0 Å². The Morgan fingerprint density at radius 1 is 1.08 bits per heavy atom. The lowest BCUT2D eigenvalue weighted by atomic mass is 10.2. The van der Waals surface area contributed by atoms with Crippen LogP contribution in [0.3, 0.4) is 0 Å². The highest BCUT2D eigenvalue weighted by molar-refractivity contribution is 7.98. The minimum atomic E-state index is -3.68. The van der Waals surface area contributed by atoms with Gasteiger partial charge in [0.2, 0.25) is 5.91 Å². The second-order valence-electron chi connectivity index (χ2n) is 5.31. The fraction of sp³-hybridized carbons (Fsp3) is 0.235. The van der Waals surface area contributed by atoms with Crippen LogP contribution in [0.4, 0.5) is 0 Å². The molecule has 0 fully saturated rings. The van der Waals surface area contributed by atoms with Gasteiger partial charge in [0.05, 0.1) is 4.90 Å². The molecule has 0 bridgehead atoms. The summed E-state index contributed by atoms with van der Waals surface area (Å²) in [5, 5.41) is 0.450. The van der Waals surface area contributed by atoms with Crippen LogP contribution in [-0.2, 0) is 21.2 Å². The Balaban J connectivity index is 2.03. The topological polar surface area (TPSA) is 54.5 Å². The number of hydrogen-bond acceptors (Lipinski definition) is 4. The summed E-state index contributed by atoms with van der Waals surface area (Å²) < 4.78 is 24.6. The van der Waals surface area contributed by atoms with Crippen molar-refractivity contribution >= 4 is 39.1 Å². The molecule has 2 rings (SSSR count). The Morgan fingerprint density at radius 2 is 1.67 bits per heavy atom. The van der Waals surface area contributed by atoms with Gasteiger partial charge in [0, 0.05) is 23.5 Å². The first-order chi connectivity index (χ1) is 11.3. The number of sulfone groups is 1. The predicted octanol–water partition coefficient (Wildman–Crippen LogP) is 3.49. The molecule has 0 atom stereocenters. The molecule has 0 unspecified atom stereocenters. The number of halogens is 1. The first-order valence-electron chi connectivity index (χ1n) is 7.17. The van der Waals surface area contributed by atoms with Gasteiger partial charge in [-0.15, -0.1) is 11.8 Å². The second-order valence-corrected chi connectivity index (χ2v) is 8.62. The van der Waals surface area contributed by atoms with Crippen LogP contribution in [0.1, 0.15) is 5.56 Å². The molecule has 128 valence electrons. The lowest BCUT2D eigenvalue weighted by Gasteiger charge is -2.17. The van der Waals surface area contributed by atoms with Crippen LogP contribution in [0.15, 0.2) is 58.3 Å². The fourth-order valence-electron chi connectivity index (χ4n) is 2.09. The van der Waals surface area contributed by atoms with Crippen molar-refractivity contribution in [2.24, 2.45) is 0 Å². The van der Waals surface area contributed by atoms with Gasteiger partial charge in [0.15, 0.2) is 9.84 Å². The molecule has 0 radical (unpaired) electrons. The van der Waals surface area contributed by atoms with Gasteiger partial charge in [-0.25, -0.2) is 8.42 Å². The maximum absolute atomic E-state index is 12.3. The number of rotatable bonds is 6. The molecule has 24 heavy (non-hydrogen) atoms. The molecule has 0 saturated heterocycles. The second kappa shape index (κ2) is 8.05. The normalized spacial score (nSPS) is 11.3. The predicted molar refractivity (Wildman–Crippen MR) is 98.2 cm³/mol. The quantitative estimate of drug-likeness (QED) is 0.716. The van der Waals surface area contributed by atoms with Crippen LogP contribution < -0.4 is 0 Å². The maximum Gasteiger partial charge on any atom is 0.238 e. The van der Waals surface area contributed by atoms with Crippen molar-refractivity contribution in [1.29, 1.82) is 0 Å².